The van der Waals surface area contributed by atoms with Crippen molar-refractivity contribution in [3.8, 4) is 0 Å². The van der Waals surface area contributed by atoms with Crippen LogP contribution in [0.4, 0.5) is 11.4 Å². The van der Waals surface area contributed by atoms with E-state index >= 15 is 0 Å². The number of nitrogen functional groups attached to an aromatic ring is 1. The number of nitrogens with one attached hydrogen (secondary N) is 1. The lowest BCUT2D eigenvalue weighted by molar-refractivity contribution is 0.332. The van der Waals surface area contributed by atoms with Gasteiger partial charge in [0.15, 0.2) is 0 Å². The first-order valence-corrected chi connectivity index (χ1v) is 8.36. The zero-order valence-corrected chi connectivity index (χ0v) is 12.3. The van der Waals surface area contributed by atoms with Gasteiger partial charge >= 0.3 is 0 Å². The molecule has 0 radical (unpaired) electrons. The molecule has 0 unspecified atom stereocenters. The predicted octanol–water partition coefficient (Wildman–Crippen LogP) is 1.76. The molecule has 0 aromatic heterocycles. The molecule has 3 N–H and O–H groups in total. The second kappa shape index (κ2) is 5.56. The number of hydrogen-bond acceptors (Lipinski definition) is 4. The van der Waals surface area contributed by atoms with Crippen LogP contribution in [0.3, 0.4) is 0 Å². The van der Waals surface area contributed by atoms with Gasteiger partial charge in [0, 0.05) is 19.1 Å². The van der Waals surface area contributed by atoms with Crippen molar-refractivity contribution in [1.29, 1.82) is 0 Å². The first-order valence-electron chi connectivity index (χ1n) is 6.13. The molecule has 0 bridgehead atoms. The monoisotopic (exact) mass is 303 g/mol. The maximum absolute atomic E-state index is 11.4. The molecule has 19 heavy (non-hydrogen) atoms. The standard InChI is InChI=1S/C12H18ClN3O2S/c1-19(17,18)16-7-5-9(6-8-16)15-11-4-2-3-10(13)12(11)14/h2-4,9,15H,5-8,14H2,1H3. The van der Waals surface area contributed by atoms with Crippen molar-refractivity contribution in [3.63, 3.8) is 0 Å². The second-order valence-electron chi connectivity index (χ2n) is 4.78. The normalized spacial score (nSPS) is 18.4. The molecule has 1 saturated heterocycles. The van der Waals surface area contributed by atoms with E-state index in [1.165, 1.54) is 10.6 Å². The number of nitrogens with zero attached hydrogens (tertiary/aromatic N) is 1. The highest BCUT2D eigenvalue weighted by atomic mass is 35.5. The van der Waals surface area contributed by atoms with Gasteiger partial charge in [-0.2, -0.15) is 0 Å². The van der Waals surface area contributed by atoms with Gasteiger partial charge in [-0.05, 0) is 25.0 Å². The number of halogens is 1. The molecule has 106 valence electrons. The molecule has 1 fully saturated rings. The largest absolute Gasteiger partial charge is 0.396 e. The highest BCUT2D eigenvalue weighted by Crippen LogP contribution is 2.28. The van der Waals surface area contributed by atoms with E-state index in [9.17, 15) is 8.42 Å². The fourth-order valence-corrected chi connectivity index (χ4v) is 3.26. The summed E-state index contributed by atoms with van der Waals surface area (Å²) in [5.41, 5.74) is 7.24. The Balaban J connectivity index is 1.98. The van der Waals surface area contributed by atoms with E-state index in [4.69, 9.17) is 17.3 Å². The van der Waals surface area contributed by atoms with Crippen LogP contribution < -0.4 is 11.1 Å². The summed E-state index contributed by atoms with van der Waals surface area (Å²) < 4.78 is 24.3. The molecule has 1 aromatic carbocycles. The van der Waals surface area contributed by atoms with Crippen LogP contribution in [0.1, 0.15) is 12.8 Å². The first-order chi connectivity index (χ1) is 8.88. The summed E-state index contributed by atoms with van der Waals surface area (Å²) in [7, 11) is -3.08. The minimum atomic E-state index is -3.08. The Bertz CT molecular complexity index is 554. The molecule has 1 aliphatic heterocycles. The smallest absolute Gasteiger partial charge is 0.211 e. The Kier molecular flexibility index (Phi) is 4.23. The molecule has 0 atom stereocenters. The van der Waals surface area contributed by atoms with E-state index in [-0.39, 0.29) is 6.04 Å². The van der Waals surface area contributed by atoms with Gasteiger partial charge in [-0.3, -0.25) is 0 Å². The van der Waals surface area contributed by atoms with Gasteiger partial charge in [-0.15, -0.1) is 0 Å². The zero-order valence-electron chi connectivity index (χ0n) is 10.8. The Morgan fingerprint density at radius 2 is 2.00 bits per heavy atom. The van der Waals surface area contributed by atoms with Crippen LogP contribution in [0, 0.1) is 0 Å². The molecular formula is C12H18ClN3O2S. The van der Waals surface area contributed by atoms with Gasteiger partial charge < -0.3 is 11.1 Å². The summed E-state index contributed by atoms with van der Waals surface area (Å²) >= 11 is 5.96. The topological polar surface area (TPSA) is 75.4 Å². The lowest BCUT2D eigenvalue weighted by Crippen LogP contribution is -2.41. The predicted molar refractivity (Wildman–Crippen MR) is 78.9 cm³/mol. The van der Waals surface area contributed by atoms with Crippen molar-refractivity contribution in [2.45, 2.75) is 18.9 Å². The van der Waals surface area contributed by atoms with E-state index in [0.717, 1.165) is 18.5 Å². The summed E-state index contributed by atoms with van der Waals surface area (Å²) in [6.45, 7) is 1.08. The van der Waals surface area contributed by atoms with Crippen LogP contribution in [0.5, 0.6) is 0 Å². The minimum Gasteiger partial charge on any atom is -0.396 e. The number of para-hydroxylation sites is 1. The lowest BCUT2D eigenvalue weighted by Gasteiger charge is -2.31. The molecular weight excluding hydrogens is 286 g/mol. The van der Waals surface area contributed by atoms with Crippen molar-refractivity contribution in [1.82, 2.24) is 4.31 Å². The van der Waals surface area contributed by atoms with E-state index in [2.05, 4.69) is 5.32 Å². The molecule has 1 aliphatic rings. The molecule has 1 heterocycles. The van der Waals surface area contributed by atoms with Crippen LogP contribution in [0.2, 0.25) is 5.02 Å². The number of hydrogen-bond donors (Lipinski definition) is 2. The third-order valence-corrected chi connectivity index (χ3v) is 4.97. The van der Waals surface area contributed by atoms with Gasteiger partial charge in [0.25, 0.3) is 0 Å². The Hall–Kier alpha value is -0.980. The number of piperidine rings is 1. The zero-order chi connectivity index (χ0) is 14.0. The Morgan fingerprint density at radius 1 is 1.37 bits per heavy atom. The number of anilines is 2. The molecule has 5 nitrogen and oxygen atoms in total. The SMILES string of the molecule is CS(=O)(=O)N1CCC(Nc2cccc(Cl)c2N)CC1. The molecule has 1 aromatic rings. The fraction of sp³-hybridized carbons (Fsp3) is 0.500. The van der Waals surface area contributed by atoms with Crippen molar-refractivity contribution in [3.05, 3.63) is 23.2 Å². The Labute approximate surface area is 118 Å². The average Bonchev–Trinajstić information content (AvgIpc) is 2.35. The second-order valence-corrected chi connectivity index (χ2v) is 7.17. The van der Waals surface area contributed by atoms with Crippen LogP contribution in [-0.2, 0) is 10.0 Å². The van der Waals surface area contributed by atoms with E-state index in [0.29, 0.717) is 23.8 Å². The molecule has 0 spiro atoms. The van der Waals surface area contributed by atoms with Crippen LogP contribution >= 0.6 is 11.6 Å². The first kappa shape index (κ1) is 14.4. The van der Waals surface area contributed by atoms with Crippen LogP contribution in [0.25, 0.3) is 0 Å². The quantitative estimate of drug-likeness (QED) is 0.834. The molecule has 0 amide bonds. The molecule has 2 rings (SSSR count). The van der Waals surface area contributed by atoms with Crippen LogP contribution in [0.15, 0.2) is 18.2 Å². The van der Waals surface area contributed by atoms with Gasteiger partial charge in [0.1, 0.15) is 0 Å². The van der Waals surface area contributed by atoms with E-state index in [1.54, 1.807) is 6.07 Å². The maximum Gasteiger partial charge on any atom is 0.211 e. The molecule has 0 aliphatic carbocycles. The fourth-order valence-electron chi connectivity index (χ4n) is 2.21. The number of rotatable bonds is 3. The van der Waals surface area contributed by atoms with Crippen molar-refractivity contribution in [2.24, 2.45) is 0 Å². The summed E-state index contributed by atoms with van der Waals surface area (Å²) in [4.78, 5) is 0. The van der Waals surface area contributed by atoms with Crippen molar-refractivity contribution < 1.29 is 8.42 Å². The summed E-state index contributed by atoms with van der Waals surface area (Å²) in [6.07, 6.45) is 2.77. The van der Waals surface area contributed by atoms with E-state index < -0.39 is 10.0 Å². The van der Waals surface area contributed by atoms with Crippen LogP contribution in [-0.4, -0.2) is 38.1 Å². The van der Waals surface area contributed by atoms with Gasteiger partial charge in [0.2, 0.25) is 10.0 Å². The minimum absolute atomic E-state index is 0.221. The highest BCUT2D eigenvalue weighted by molar-refractivity contribution is 7.88. The maximum atomic E-state index is 11.4. The number of sulfonamides is 1. The number of benzene rings is 1. The molecule has 7 heteroatoms. The van der Waals surface area contributed by atoms with E-state index in [1.807, 2.05) is 12.1 Å². The van der Waals surface area contributed by atoms with Gasteiger partial charge in [0.05, 0.1) is 22.7 Å². The summed E-state index contributed by atoms with van der Waals surface area (Å²) in [6, 6.07) is 5.68. The van der Waals surface area contributed by atoms with Gasteiger partial charge in [-0.25, -0.2) is 12.7 Å². The number of nitrogens with two attached hydrogens (primary N) is 1. The van der Waals surface area contributed by atoms with Crippen molar-refractivity contribution >= 4 is 33.0 Å². The third-order valence-electron chi connectivity index (χ3n) is 3.34. The lowest BCUT2D eigenvalue weighted by atomic mass is 10.1. The summed E-state index contributed by atoms with van der Waals surface area (Å²) in [5.74, 6) is 0. The Morgan fingerprint density at radius 3 is 2.58 bits per heavy atom. The van der Waals surface area contributed by atoms with Crippen molar-refractivity contribution in [2.75, 3.05) is 30.4 Å². The third kappa shape index (κ3) is 3.52. The molecule has 0 saturated carbocycles. The summed E-state index contributed by atoms with van der Waals surface area (Å²) in [5, 5.41) is 3.86. The average molecular weight is 304 g/mol. The van der Waals surface area contributed by atoms with Gasteiger partial charge in [-0.1, -0.05) is 17.7 Å². The highest BCUT2D eigenvalue weighted by Gasteiger charge is 2.25.